The summed E-state index contributed by atoms with van der Waals surface area (Å²) in [7, 11) is 1.87. The summed E-state index contributed by atoms with van der Waals surface area (Å²) < 4.78 is 0. The van der Waals surface area contributed by atoms with E-state index in [0.29, 0.717) is 48.9 Å². The second-order valence-corrected chi connectivity index (χ2v) is 11.2. The number of piperidine rings is 1. The van der Waals surface area contributed by atoms with E-state index in [1.807, 2.05) is 41.1 Å². The van der Waals surface area contributed by atoms with Crippen LogP contribution in [0.4, 0.5) is 11.4 Å². The molecular weight excluding hydrogens is 492 g/mol. The van der Waals surface area contributed by atoms with Gasteiger partial charge in [0, 0.05) is 55.0 Å². The molecule has 0 spiro atoms. The molecule has 0 bridgehead atoms. The highest BCUT2D eigenvalue weighted by atomic mass is 16.2. The molecule has 206 valence electrons. The number of rotatable bonds is 8. The summed E-state index contributed by atoms with van der Waals surface area (Å²) in [6.45, 7) is 1.30. The molecule has 2 aromatic rings. The van der Waals surface area contributed by atoms with Crippen LogP contribution in [0.5, 0.6) is 0 Å². The largest absolute Gasteiger partial charge is 0.342 e. The average molecular weight is 531 g/mol. The van der Waals surface area contributed by atoms with E-state index in [-0.39, 0.29) is 41.9 Å². The van der Waals surface area contributed by atoms with Crippen LogP contribution in [0.3, 0.4) is 0 Å². The van der Waals surface area contributed by atoms with Gasteiger partial charge in [-0.25, -0.2) is 0 Å². The molecule has 2 saturated carbocycles. The van der Waals surface area contributed by atoms with E-state index in [0.717, 1.165) is 31.2 Å². The Morgan fingerprint density at radius 1 is 0.769 bits per heavy atom. The highest BCUT2D eigenvalue weighted by Crippen LogP contribution is 2.32. The van der Waals surface area contributed by atoms with Crippen molar-refractivity contribution in [3.05, 3.63) is 59.7 Å². The molecule has 5 rings (SSSR count). The van der Waals surface area contributed by atoms with Gasteiger partial charge in [-0.3, -0.25) is 19.2 Å². The van der Waals surface area contributed by atoms with Gasteiger partial charge in [0.1, 0.15) is 0 Å². The van der Waals surface area contributed by atoms with Crippen LogP contribution in [0.15, 0.2) is 48.5 Å². The van der Waals surface area contributed by atoms with Gasteiger partial charge in [-0.2, -0.15) is 0 Å². The highest BCUT2D eigenvalue weighted by molar-refractivity contribution is 5.96. The van der Waals surface area contributed by atoms with Gasteiger partial charge in [0.15, 0.2) is 0 Å². The number of benzene rings is 2. The summed E-state index contributed by atoms with van der Waals surface area (Å²) in [6.07, 6.45) is 8.06. The first-order valence-corrected chi connectivity index (χ1v) is 14.2. The van der Waals surface area contributed by atoms with Crippen molar-refractivity contribution in [2.24, 2.45) is 11.8 Å². The molecule has 0 aromatic heterocycles. The van der Waals surface area contributed by atoms with E-state index in [4.69, 9.17) is 0 Å². The summed E-state index contributed by atoms with van der Waals surface area (Å²) in [6, 6.07) is 14.7. The molecule has 2 N–H and O–H groups in total. The molecule has 0 atom stereocenters. The van der Waals surface area contributed by atoms with E-state index in [1.54, 1.807) is 24.3 Å². The zero-order valence-electron chi connectivity index (χ0n) is 22.7. The number of anilines is 2. The Kier molecular flexibility index (Phi) is 8.29. The third-order valence-corrected chi connectivity index (χ3v) is 8.30. The van der Waals surface area contributed by atoms with Gasteiger partial charge in [0.25, 0.3) is 5.91 Å². The molecule has 1 heterocycles. The third kappa shape index (κ3) is 6.85. The molecular formula is C31H38N4O4. The van der Waals surface area contributed by atoms with E-state index in [2.05, 4.69) is 10.6 Å². The van der Waals surface area contributed by atoms with E-state index >= 15 is 0 Å². The van der Waals surface area contributed by atoms with Crippen molar-refractivity contribution in [3.63, 3.8) is 0 Å². The van der Waals surface area contributed by atoms with Gasteiger partial charge in [0.2, 0.25) is 17.7 Å². The second kappa shape index (κ2) is 12.0. The first kappa shape index (κ1) is 26.9. The van der Waals surface area contributed by atoms with Crippen LogP contribution in [0.1, 0.15) is 67.3 Å². The predicted molar refractivity (Wildman–Crippen MR) is 150 cm³/mol. The van der Waals surface area contributed by atoms with E-state index in [9.17, 15) is 19.2 Å². The summed E-state index contributed by atoms with van der Waals surface area (Å²) in [5.41, 5.74) is 2.80. The standard InChI is InChI=1S/C31H38N4O4/c1-34(27-4-2-3-5-27)30(38)23-10-14-25(15-11-23)32-28(36)20-21-6-12-26(13-7-21)33-29(37)22-16-18-35(19-17-22)31(39)24-8-9-24/h6-7,10-15,22,24,27H,2-5,8-9,16-20H2,1H3,(H,32,36)(H,33,37). The molecule has 3 fully saturated rings. The lowest BCUT2D eigenvalue weighted by Crippen LogP contribution is -2.42. The average Bonchev–Trinajstić information content (AvgIpc) is 3.66. The Hall–Kier alpha value is -3.68. The fourth-order valence-corrected chi connectivity index (χ4v) is 5.65. The van der Waals surface area contributed by atoms with Crippen molar-refractivity contribution in [2.75, 3.05) is 30.8 Å². The minimum Gasteiger partial charge on any atom is -0.342 e. The SMILES string of the molecule is CN(C(=O)c1ccc(NC(=O)Cc2ccc(NC(=O)C3CCN(C(=O)C4CC4)CC3)cc2)cc1)C1CCCC1. The number of hydrogen-bond acceptors (Lipinski definition) is 4. The number of likely N-dealkylation sites (tertiary alicyclic amines) is 1. The topological polar surface area (TPSA) is 98.8 Å². The van der Waals surface area contributed by atoms with Crippen LogP contribution < -0.4 is 10.6 Å². The van der Waals surface area contributed by atoms with Gasteiger partial charge >= 0.3 is 0 Å². The minimum atomic E-state index is -0.151. The lowest BCUT2D eigenvalue weighted by molar-refractivity contribution is -0.135. The fourth-order valence-electron chi connectivity index (χ4n) is 5.65. The van der Waals surface area contributed by atoms with Crippen molar-refractivity contribution < 1.29 is 19.2 Å². The lowest BCUT2D eigenvalue weighted by Gasteiger charge is -2.31. The van der Waals surface area contributed by atoms with Crippen LogP contribution in [-0.2, 0) is 20.8 Å². The van der Waals surface area contributed by atoms with Crippen LogP contribution in [0.25, 0.3) is 0 Å². The normalized spacial score (nSPS) is 18.0. The predicted octanol–water partition coefficient (Wildman–Crippen LogP) is 4.47. The van der Waals surface area contributed by atoms with E-state index in [1.165, 1.54) is 12.8 Å². The Morgan fingerprint density at radius 2 is 1.36 bits per heavy atom. The number of hydrogen-bond donors (Lipinski definition) is 2. The summed E-state index contributed by atoms with van der Waals surface area (Å²) in [5.74, 6) is 0.227. The molecule has 0 radical (unpaired) electrons. The van der Waals surface area contributed by atoms with Gasteiger partial charge < -0.3 is 20.4 Å². The lowest BCUT2D eigenvalue weighted by atomic mass is 9.95. The zero-order chi connectivity index (χ0) is 27.4. The molecule has 3 aliphatic rings. The van der Waals surface area contributed by atoms with Crippen LogP contribution in [0, 0.1) is 11.8 Å². The number of nitrogens with one attached hydrogen (secondary N) is 2. The molecule has 8 heteroatoms. The molecule has 0 unspecified atom stereocenters. The van der Waals surface area contributed by atoms with Crippen LogP contribution in [0.2, 0.25) is 0 Å². The van der Waals surface area contributed by atoms with E-state index < -0.39 is 0 Å². The first-order chi connectivity index (χ1) is 18.9. The molecule has 39 heavy (non-hydrogen) atoms. The zero-order valence-corrected chi connectivity index (χ0v) is 22.7. The van der Waals surface area contributed by atoms with Gasteiger partial charge in [0.05, 0.1) is 6.42 Å². The molecule has 2 aromatic carbocycles. The molecule has 1 aliphatic heterocycles. The van der Waals surface area contributed by atoms with Crippen molar-refractivity contribution in [1.29, 1.82) is 0 Å². The van der Waals surface area contributed by atoms with Crippen LogP contribution >= 0.6 is 0 Å². The second-order valence-electron chi connectivity index (χ2n) is 11.2. The molecule has 4 amide bonds. The summed E-state index contributed by atoms with van der Waals surface area (Å²) in [4.78, 5) is 54.0. The monoisotopic (exact) mass is 530 g/mol. The minimum absolute atomic E-state index is 0.0149. The Morgan fingerprint density at radius 3 is 1.97 bits per heavy atom. The number of carbonyl (C=O) groups excluding carboxylic acids is 4. The highest BCUT2D eigenvalue weighted by Gasteiger charge is 2.36. The first-order valence-electron chi connectivity index (χ1n) is 14.2. The Bertz CT molecular complexity index is 1190. The van der Waals surface area contributed by atoms with Crippen LogP contribution in [-0.4, -0.2) is 59.6 Å². The summed E-state index contributed by atoms with van der Waals surface area (Å²) >= 11 is 0. The maximum absolute atomic E-state index is 12.8. The number of carbonyl (C=O) groups is 4. The molecule has 2 aliphatic carbocycles. The fraction of sp³-hybridized carbons (Fsp3) is 0.484. The number of amides is 4. The molecule has 1 saturated heterocycles. The van der Waals surface area contributed by atoms with Gasteiger partial charge in [-0.05, 0) is 80.5 Å². The molecule has 8 nitrogen and oxygen atoms in total. The van der Waals surface area contributed by atoms with Crippen molar-refractivity contribution in [2.45, 2.75) is 63.8 Å². The quantitative estimate of drug-likeness (QED) is 0.526. The Balaban J connectivity index is 1.06. The number of nitrogens with zero attached hydrogens (tertiary/aromatic N) is 2. The van der Waals surface area contributed by atoms with Crippen molar-refractivity contribution >= 4 is 35.0 Å². The smallest absolute Gasteiger partial charge is 0.253 e. The van der Waals surface area contributed by atoms with Crippen molar-refractivity contribution in [3.8, 4) is 0 Å². The van der Waals surface area contributed by atoms with Crippen molar-refractivity contribution in [1.82, 2.24) is 9.80 Å². The van der Waals surface area contributed by atoms with Gasteiger partial charge in [-0.15, -0.1) is 0 Å². The maximum Gasteiger partial charge on any atom is 0.253 e. The van der Waals surface area contributed by atoms with Gasteiger partial charge in [-0.1, -0.05) is 25.0 Å². The third-order valence-electron chi connectivity index (χ3n) is 8.30. The maximum atomic E-state index is 12.8. The summed E-state index contributed by atoms with van der Waals surface area (Å²) in [5, 5.41) is 5.87. The Labute approximate surface area is 230 Å².